The first kappa shape index (κ1) is 14.1. The summed E-state index contributed by atoms with van der Waals surface area (Å²) in [6.07, 6.45) is -4.62. The van der Waals surface area contributed by atoms with E-state index < -0.39 is 23.4 Å². The van der Waals surface area contributed by atoms with E-state index in [2.05, 4.69) is 4.74 Å². The summed E-state index contributed by atoms with van der Waals surface area (Å²) in [4.78, 5) is 0. The maximum atomic E-state index is 12.6. The van der Waals surface area contributed by atoms with E-state index in [4.69, 9.17) is 21.4 Å². The fourth-order valence-corrected chi connectivity index (χ4v) is 1.62. The third kappa shape index (κ3) is 3.49. The van der Waals surface area contributed by atoms with Crippen LogP contribution in [-0.4, -0.2) is 19.0 Å². The van der Waals surface area contributed by atoms with Gasteiger partial charge in [0.05, 0.1) is 17.2 Å². The molecule has 0 heterocycles. The second kappa shape index (κ2) is 5.57. The molecular weight excluding hydrogens is 261 g/mol. The van der Waals surface area contributed by atoms with Crippen molar-refractivity contribution >= 4 is 11.6 Å². The third-order valence-corrected chi connectivity index (χ3v) is 2.24. The summed E-state index contributed by atoms with van der Waals surface area (Å²) in [5, 5.41) is 8.39. The zero-order valence-electron chi connectivity index (χ0n) is 8.84. The predicted molar refractivity (Wildman–Crippen MR) is 54.9 cm³/mol. The number of hydrogen-bond donors (Lipinski definition) is 1. The van der Waals surface area contributed by atoms with E-state index in [1.165, 1.54) is 7.11 Å². The Morgan fingerprint density at radius 1 is 1.35 bits per heavy atom. The molecule has 96 valence electrons. The van der Waals surface area contributed by atoms with Gasteiger partial charge in [-0.15, -0.1) is 0 Å². The van der Waals surface area contributed by atoms with Gasteiger partial charge < -0.3 is 14.6 Å². The standard InChI is InChI=1S/C10H10ClF3O3/c1-16-5-17-7-2-6(4-15)9(8(11)3-7)10(12,13)14/h2-3,15H,4-5H2,1H3. The van der Waals surface area contributed by atoms with Gasteiger partial charge in [-0.25, -0.2) is 0 Å². The highest BCUT2D eigenvalue weighted by Crippen LogP contribution is 2.39. The van der Waals surface area contributed by atoms with Crippen molar-refractivity contribution in [1.29, 1.82) is 0 Å². The number of aliphatic hydroxyl groups excluding tert-OH is 1. The van der Waals surface area contributed by atoms with Crippen molar-refractivity contribution in [3.8, 4) is 5.75 Å². The Morgan fingerprint density at radius 2 is 2.00 bits per heavy atom. The van der Waals surface area contributed by atoms with Crippen LogP contribution in [0.1, 0.15) is 11.1 Å². The van der Waals surface area contributed by atoms with Gasteiger partial charge in [0.25, 0.3) is 0 Å². The number of ether oxygens (including phenoxy) is 2. The lowest BCUT2D eigenvalue weighted by molar-refractivity contribution is -0.138. The molecule has 0 aliphatic carbocycles. The summed E-state index contributed by atoms with van der Waals surface area (Å²) in [5.74, 6) is 0.105. The Hall–Kier alpha value is -0.980. The lowest BCUT2D eigenvalue weighted by atomic mass is 10.1. The molecule has 0 aliphatic rings. The number of halogens is 4. The largest absolute Gasteiger partial charge is 0.468 e. The SMILES string of the molecule is COCOc1cc(Cl)c(C(F)(F)F)c(CO)c1. The summed E-state index contributed by atoms with van der Waals surface area (Å²) in [5.41, 5.74) is -1.39. The molecule has 0 unspecified atom stereocenters. The molecule has 0 atom stereocenters. The Balaban J connectivity index is 3.17. The predicted octanol–water partition coefficient (Wildman–Crippen LogP) is 2.83. The van der Waals surface area contributed by atoms with Gasteiger partial charge in [0.2, 0.25) is 0 Å². The van der Waals surface area contributed by atoms with E-state index in [0.717, 1.165) is 12.1 Å². The first-order valence-electron chi connectivity index (χ1n) is 4.52. The van der Waals surface area contributed by atoms with Gasteiger partial charge in [-0.2, -0.15) is 13.2 Å². The first-order chi connectivity index (χ1) is 7.90. The van der Waals surface area contributed by atoms with E-state index in [-0.39, 0.29) is 18.1 Å². The maximum Gasteiger partial charge on any atom is 0.418 e. The highest BCUT2D eigenvalue weighted by Gasteiger charge is 2.36. The third-order valence-electron chi connectivity index (χ3n) is 1.94. The molecule has 0 saturated heterocycles. The molecule has 0 fully saturated rings. The maximum absolute atomic E-state index is 12.6. The van der Waals surface area contributed by atoms with Gasteiger partial charge >= 0.3 is 6.18 Å². The molecule has 1 aromatic carbocycles. The second-order valence-corrected chi connectivity index (χ2v) is 3.55. The second-order valence-electron chi connectivity index (χ2n) is 3.15. The Bertz CT molecular complexity index is 393. The molecule has 0 aromatic heterocycles. The van der Waals surface area contributed by atoms with Crippen LogP contribution in [0.25, 0.3) is 0 Å². The Morgan fingerprint density at radius 3 is 2.47 bits per heavy atom. The van der Waals surface area contributed by atoms with Crippen LogP contribution in [-0.2, 0) is 17.5 Å². The number of rotatable bonds is 4. The van der Waals surface area contributed by atoms with E-state index >= 15 is 0 Å². The normalized spacial score (nSPS) is 11.6. The van der Waals surface area contributed by atoms with Gasteiger partial charge in [0.1, 0.15) is 5.75 Å². The van der Waals surface area contributed by atoms with Crippen molar-refractivity contribution in [2.45, 2.75) is 12.8 Å². The number of benzene rings is 1. The lowest BCUT2D eigenvalue weighted by Crippen LogP contribution is -2.11. The van der Waals surface area contributed by atoms with Gasteiger partial charge in [0, 0.05) is 7.11 Å². The van der Waals surface area contributed by atoms with Gasteiger partial charge in [0.15, 0.2) is 6.79 Å². The minimum atomic E-state index is -4.62. The summed E-state index contributed by atoms with van der Waals surface area (Å²) in [7, 11) is 1.37. The molecule has 1 rings (SSSR count). The Kier molecular flexibility index (Phi) is 4.62. The zero-order valence-corrected chi connectivity index (χ0v) is 9.60. The number of methoxy groups -OCH3 is 1. The smallest absolute Gasteiger partial charge is 0.418 e. The number of alkyl halides is 3. The molecule has 1 N–H and O–H groups in total. The van der Waals surface area contributed by atoms with Gasteiger partial charge in [-0.3, -0.25) is 0 Å². The van der Waals surface area contributed by atoms with Gasteiger partial charge in [-0.05, 0) is 17.7 Å². The molecule has 0 radical (unpaired) electrons. The van der Waals surface area contributed by atoms with Crippen molar-refractivity contribution in [3.05, 3.63) is 28.3 Å². The molecule has 0 aliphatic heterocycles. The molecule has 17 heavy (non-hydrogen) atoms. The van der Waals surface area contributed by atoms with E-state index in [1.807, 2.05) is 0 Å². The molecule has 0 saturated carbocycles. The molecule has 7 heteroatoms. The van der Waals surface area contributed by atoms with Crippen molar-refractivity contribution in [1.82, 2.24) is 0 Å². The van der Waals surface area contributed by atoms with E-state index in [1.54, 1.807) is 0 Å². The van der Waals surface area contributed by atoms with E-state index in [9.17, 15) is 13.2 Å². The van der Waals surface area contributed by atoms with Crippen LogP contribution < -0.4 is 4.74 Å². The van der Waals surface area contributed by atoms with Crippen LogP contribution in [0.3, 0.4) is 0 Å². The molecular formula is C10H10ClF3O3. The Labute approximate surface area is 101 Å². The highest BCUT2D eigenvalue weighted by atomic mass is 35.5. The lowest BCUT2D eigenvalue weighted by Gasteiger charge is -2.15. The van der Waals surface area contributed by atoms with Crippen LogP contribution >= 0.6 is 11.6 Å². The minimum Gasteiger partial charge on any atom is -0.468 e. The van der Waals surface area contributed by atoms with Gasteiger partial charge in [-0.1, -0.05) is 11.6 Å². The number of aliphatic hydroxyl groups is 1. The fraction of sp³-hybridized carbons (Fsp3) is 0.400. The number of hydrogen-bond acceptors (Lipinski definition) is 3. The topological polar surface area (TPSA) is 38.7 Å². The average molecular weight is 271 g/mol. The van der Waals surface area contributed by atoms with Crippen molar-refractivity contribution in [2.75, 3.05) is 13.9 Å². The summed E-state index contributed by atoms with van der Waals surface area (Å²) in [6.45, 7) is -0.898. The molecule has 1 aromatic rings. The van der Waals surface area contributed by atoms with Crippen LogP contribution in [0, 0.1) is 0 Å². The highest BCUT2D eigenvalue weighted by molar-refractivity contribution is 6.31. The van der Waals surface area contributed by atoms with Crippen molar-refractivity contribution in [2.24, 2.45) is 0 Å². The van der Waals surface area contributed by atoms with Crippen molar-refractivity contribution in [3.63, 3.8) is 0 Å². The zero-order chi connectivity index (χ0) is 13.1. The summed E-state index contributed by atoms with van der Waals surface area (Å²) >= 11 is 5.52. The summed E-state index contributed by atoms with van der Waals surface area (Å²) in [6, 6.07) is 2.11. The molecule has 0 spiro atoms. The average Bonchev–Trinajstić information content (AvgIpc) is 2.23. The quantitative estimate of drug-likeness (QED) is 0.855. The van der Waals surface area contributed by atoms with Crippen LogP contribution in [0.4, 0.5) is 13.2 Å². The monoisotopic (exact) mass is 270 g/mol. The van der Waals surface area contributed by atoms with Crippen LogP contribution in [0.5, 0.6) is 5.75 Å². The molecule has 3 nitrogen and oxygen atoms in total. The fourth-order valence-electron chi connectivity index (χ4n) is 1.29. The van der Waals surface area contributed by atoms with Crippen molar-refractivity contribution < 1.29 is 27.8 Å². The van der Waals surface area contributed by atoms with Crippen LogP contribution in [0.15, 0.2) is 12.1 Å². The van der Waals surface area contributed by atoms with E-state index in [0.29, 0.717) is 0 Å². The molecule has 0 bridgehead atoms. The minimum absolute atomic E-state index is 0.105. The molecule has 0 amide bonds. The van der Waals surface area contributed by atoms with Crippen LogP contribution in [0.2, 0.25) is 5.02 Å². The first-order valence-corrected chi connectivity index (χ1v) is 4.90. The summed E-state index contributed by atoms with van der Waals surface area (Å²) < 4.78 is 47.4.